The van der Waals surface area contributed by atoms with Crippen molar-refractivity contribution in [2.75, 3.05) is 0 Å². The van der Waals surface area contributed by atoms with Crippen LogP contribution >= 0.6 is 0 Å². The molecule has 0 heterocycles. The van der Waals surface area contributed by atoms with Crippen LogP contribution in [0.15, 0.2) is 53.0 Å². The molecule has 7 heteroatoms. The number of phenols is 1. The van der Waals surface area contributed by atoms with E-state index in [9.17, 15) is 34.8 Å². The van der Waals surface area contributed by atoms with Crippen LogP contribution in [0.3, 0.4) is 0 Å². The van der Waals surface area contributed by atoms with Gasteiger partial charge >= 0.3 is 0 Å². The molecule has 0 bridgehead atoms. The average Bonchev–Trinajstić information content (AvgIpc) is 2.88. The summed E-state index contributed by atoms with van der Waals surface area (Å²) in [6.45, 7) is 16.8. The second-order valence-electron chi connectivity index (χ2n) is 13.1. The normalized spacial score (nSPS) is 33.0. The molecule has 0 saturated heterocycles. The highest BCUT2D eigenvalue weighted by Crippen LogP contribution is 2.71. The van der Waals surface area contributed by atoms with Crippen molar-refractivity contribution >= 4 is 17.3 Å². The number of phenolic OH excluding ortho intramolecular Hbond substituents is 1. The summed E-state index contributed by atoms with van der Waals surface area (Å²) in [4.78, 5) is 41.2. The van der Waals surface area contributed by atoms with E-state index in [-0.39, 0.29) is 28.6 Å². The number of carbonyl (C=O) groups is 3. The van der Waals surface area contributed by atoms with Crippen LogP contribution in [0.25, 0.3) is 0 Å². The first kappa shape index (κ1) is 30.8. The molecule has 7 nitrogen and oxygen atoms in total. The van der Waals surface area contributed by atoms with Gasteiger partial charge in [-0.05, 0) is 55.6 Å². The molecule has 222 valence electrons. The van der Waals surface area contributed by atoms with E-state index >= 15 is 0 Å². The molecule has 3 aliphatic rings. The van der Waals surface area contributed by atoms with Gasteiger partial charge in [-0.15, -0.1) is 0 Å². The fourth-order valence-electron chi connectivity index (χ4n) is 8.54. The molecule has 0 amide bonds. The Hall–Kier alpha value is -3.19. The fraction of sp³-hybridized carbons (Fsp3) is 0.559. The lowest BCUT2D eigenvalue weighted by molar-refractivity contribution is -0.192. The predicted octanol–water partition coefficient (Wildman–Crippen LogP) is 6.66. The van der Waals surface area contributed by atoms with E-state index in [0.29, 0.717) is 18.4 Å². The first-order chi connectivity index (χ1) is 19.0. The monoisotopic (exact) mass is 564 g/mol. The van der Waals surface area contributed by atoms with Gasteiger partial charge in [0.05, 0.1) is 5.56 Å². The van der Waals surface area contributed by atoms with Crippen LogP contribution in [-0.4, -0.2) is 43.4 Å². The number of ketones is 3. The quantitative estimate of drug-likeness (QED) is 0.158. The number of Topliss-reactive ketones (excluding diaryl/α,β-unsaturated/α-hetero) is 3. The van der Waals surface area contributed by atoms with Crippen LogP contribution < -0.4 is 0 Å². The Morgan fingerprint density at radius 3 is 2.29 bits per heavy atom. The average molecular weight is 565 g/mol. The minimum absolute atomic E-state index is 0.0283. The van der Waals surface area contributed by atoms with E-state index in [1.807, 2.05) is 27.7 Å². The smallest absolute Gasteiger partial charge is 0.209 e. The zero-order valence-corrected chi connectivity index (χ0v) is 25.3. The summed E-state index contributed by atoms with van der Waals surface area (Å²) in [7, 11) is 0. The first-order valence-corrected chi connectivity index (χ1v) is 14.7. The maximum Gasteiger partial charge on any atom is 0.209 e. The van der Waals surface area contributed by atoms with Crippen molar-refractivity contribution in [1.82, 2.24) is 0 Å². The van der Waals surface area contributed by atoms with Gasteiger partial charge in [0.25, 0.3) is 0 Å². The SMILES string of the molecule is C=C(CCCCC)C[C@@H]1[C@]2(C)C(=C(O)[C@@]3(O)C(=O)C(C(C)=O)=C(O)C(C(C)C)[C@@]13C)C(=O)c1c(O)cccc1[C@H]2C. The maximum absolute atomic E-state index is 14.2. The van der Waals surface area contributed by atoms with E-state index in [1.54, 1.807) is 19.1 Å². The molecular weight excluding hydrogens is 520 g/mol. The van der Waals surface area contributed by atoms with Gasteiger partial charge in [0.1, 0.15) is 22.8 Å². The van der Waals surface area contributed by atoms with E-state index in [4.69, 9.17) is 0 Å². The second kappa shape index (κ2) is 10.3. The van der Waals surface area contributed by atoms with Gasteiger partial charge in [0, 0.05) is 22.3 Å². The van der Waals surface area contributed by atoms with E-state index in [0.717, 1.165) is 31.8 Å². The van der Waals surface area contributed by atoms with Crippen LogP contribution in [0.1, 0.15) is 102 Å². The van der Waals surface area contributed by atoms with E-state index < -0.39 is 62.9 Å². The highest BCUT2D eigenvalue weighted by Gasteiger charge is 2.75. The maximum atomic E-state index is 14.2. The standard InChI is InChI=1S/C34H44O7/c1-9-10-11-13-18(4)16-23-32(7)19(5)21-14-12-15-22(36)25(21)29(38)27(32)31(40)34(41)30(39)24(20(6)35)28(37)26(17(2)3)33(23,34)8/h12,14-15,17,19,23,26,36-37,40-41H,4,9-11,13,16H2,1-3,5-8H3/t19-,23-,26?,32-,33-,34+/m1/s1. The number of hydrogen-bond acceptors (Lipinski definition) is 7. The predicted molar refractivity (Wildman–Crippen MR) is 157 cm³/mol. The number of rotatable bonds is 8. The molecule has 1 aromatic carbocycles. The summed E-state index contributed by atoms with van der Waals surface area (Å²) in [6, 6.07) is 4.85. The molecule has 4 N–H and O–H groups in total. The molecule has 1 aromatic rings. The zero-order valence-electron chi connectivity index (χ0n) is 25.3. The fourth-order valence-corrected chi connectivity index (χ4v) is 8.54. The molecule has 41 heavy (non-hydrogen) atoms. The lowest BCUT2D eigenvalue weighted by Gasteiger charge is -2.65. The number of hydrogen-bond donors (Lipinski definition) is 4. The van der Waals surface area contributed by atoms with E-state index in [1.165, 1.54) is 6.07 Å². The van der Waals surface area contributed by atoms with Crippen molar-refractivity contribution in [2.45, 2.75) is 92.1 Å². The Kier molecular flexibility index (Phi) is 7.70. The molecule has 6 atom stereocenters. The van der Waals surface area contributed by atoms with Gasteiger partial charge < -0.3 is 20.4 Å². The number of aliphatic hydroxyl groups excluding tert-OH is 2. The van der Waals surface area contributed by atoms with Crippen molar-refractivity contribution in [2.24, 2.45) is 28.6 Å². The minimum atomic E-state index is -2.67. The summed E-state index contributed by atoms with van der Waals surface area (Å²) in [5.41, 5.74) is -4.50. The van der Waals surface area contributed by atoms with Gasteiger partial charge in [-0.2, -0.15) is 0 Å². The Bertz CT molecular complexity index is 1400. The van der Waals surface area contributed by atoms with Crippen LogP contribution in [-0.2, 0) is 9.59 Å². The zero-order chi connectivity index (χ0) is 30.8. The van der Waals surface area contributed by atoms with Crippen molar-refractivity contribution < 1.29 is 34.8 Å². The first-order valence-electron chi connectivity index (χ1n) is 14.7. The Morgan fingerprint density at radius 2 is 1.73 bits per heavy atom. The molecule has 0 radical (unpaired) electrons. The third-order valence-electron chi connectivity index (χ3n) is 10.6. The highest BCUT2D eigenvalue weighted by molar-refractivity contribution is 6.25. The Morgan fingerprint density at radius 1 is 1.10 bits per heavy atom. The third kappa shape index (κ3) is 3.91. The highest BCUT2D eigenvalue weighted by atomic mass is 16.3. The molecular formula is C34H44O7. The number of carbonyl (C=O) groups excluding carboxylic acids is 3. The number of aromatic hydroxyl groups is 1. The van der Waals surface area contributed by atoms with E-state index in [2.05, 4.69) is 13.5 Å². The van der Waals surface area contributed by atoms with Crippen LogP contribution in [0.4, 0.5) is 0 Å². The number of fused-ring (bicyclic) bond motifs is 3. The third-order valence-corrected chi connectivity index (χ3v) is 10.6. The summed E-state index contributed by atoms with van der Waals surface area (Å²) >= 11 is 0. The summed E-state index contributed by atoms with van der Waals surface area (Å²) in [5.74, 6) is -6.30. The molecule has 0 spiro atoms. The summed E-state index contributed by atoms with van der Waals surface area (Å²) in [6.07, 6.45) is 3.97. The molecule has 0 aliphatic heterocycles. The minimum Gasteiger partial charge on any atom is -0.511 e. The van der Waals surface area contributed by atoms with Crippen LogP contribution in [0.5, 0.6) is 5.75 Å². The van der Waals surface area contributed by atoms with Crippen molar-refractivity contribution in [3.63, 3.8) is 0 Å². The lowest BCUT2D eigenvalue weighted by Crippen LogP contribution is -2.71. The van der Waals surface area contributed by atoms with Gasteiger partial charge in [-0.1, -0.05) is 78.7 Å². The number of unbranched alkanes of at least 4 members (excludes halogenated alkanes) is 2. The second-order valence-corrected chi connectivity index (χ2v) is 13.1. The van der Waals surface area contributed by atoms with Crippen LogP contribution in [0, 0.1) is 28.6 Å². The Labute approximate surface area is 242 Å². The van der Waals surface area contributed by atoms with Crippen molar-refractivity contribution in [1.29, 1.82) is 0 Å². The summed E-state index contributed by atoms with van der Waals surface area (Å²) < 4.78 is 0. The largest absolute Gasteiger partial charge is 0.511 e. The topological polar surface area (TPSA) is 132 Å². The number of aliphatic hydroxyl groups is 3. The number of benzene rings is 1. The summed E-state index contributed by atoms with van der Waals surface area (Å²) in [5, 5.41) is 47.0. The molecule has 3 aliphatic carbocycles. The van der Waals surface area contributed by atoms with Gasteiger partial charge in [0.15, 0.2) is 17.2 Å². The van der Waals surface area contributed by atoms with Gasteiger partial charge in [0.2, 0.25) is 5.78 Å². The lowest BCUT2D eigenvalue weighted by atomic mass is 9.38. The Balaban J connectivity index is 2.14. The van der Waals surface area contributed by atoms with Crippen molar-refractivity contribution in [3.05, 3.63) is 64.1 Å². The molecule has 1 unspecified atom stereocenters. The van der Waals surface area contributed by atoms with Gasteiger partial charge in [-0.25, -0.2) is 0 Å². The molecule has 0 aromatic heterocycles. The molecule has 4 rings (SSSR count). The van der Waals surface area contributed by atoms with Gasteiger partial charge in [-0.3, -0.25) is 14.4 Å². The molecule has 0 fully saturated rings. The van der Waals surface area contributed by atoms with Crippen LogP contribution in [0.2, 0.25) is 0 Å². The van der Waals surface area contributed by atoms with Crippen molar-refractivity contribution in [3.8, 4) is 5.75 Å². The number of allylic oxidation sites excluding steroid dienone is 3. The molecule has 0 saturated carbocycles.